The average molecular weight is 338 g/mol. The molecule has 0 aliphatic heterocycles. The van der Waals surface area contributed by atoms with Crippen LogP contribution in [0.25, 0.3) is 0 Å². The van der Waals surface area contributed by atoms with Crippen LogP contribution in [0.15, 0.2) is 28.1 Å². The van der Waals surface area contributed by atoms with Crippen LogP contribution in [0.5, 0.6) is 0 Å². The molecule has 1 N–H and O–H groups in total. The van der Waals surface area contributed by atoms with Crippen LogP contribution in [0.1, 0.15) is 40.1 Å². The predicted octanol–water partition coefficient (Wildman–Crippen LogP) is 5.13. The number of rotatable bonds is 4. The second kappa shape index (κ2) is 6.21. The Kier molecular flexibility index (Phi) is 4.82. The molecular formula is C16H20BrNS. The van der Waals surface area contributed by atoms with E-state index in [1.54, 1.807) is 11.3 Å². The van der Waals surface area contributed by atoms with E-state index >= 15 is 0 Å². The van der Waals surface area contributed by atoms with Crippen molar-refractivity contribution in [3.05, 3.63) is 55.2 Å². The van der Waals surface area contributed by atoms with E-state index in [1.165, 1.54) is 30.9 Å². The van der Waals surface area contributed by atoms with Gasteiger partial charge in [-0.05, 0) is 71.6 Å². The van der Waals surface area contributed by atoms with Crippen LogP contribution in [0.3, 0.4) is 0 Å². The molecule has 0 bridgehead atoms. The maximum absolute atomic E-state index is 3.60. The lowest BCUT2D eigenvalue weighted by atomic mass is 9.96. The average Bonchev–Trinajstić information content (AvgIpc) is 2.69. The Morgan fingerprint density at radius 1 is 1.16 bits per heavy atom. The molecule has 0 spiro atoms. The van der Waals surface area contributed by atoms with Gasteiger partial charge in [0.2, 0.25) is 0 Å². The number of nitrogens with one attached hydrogen (secondary N) is 1. The Hall–Kier alpha value is -0.640. The molecule has 0 aliphatic carbocycles. The third-order valence-electron chi connectivity index (χ3n) is 3.51. The highest BCUT2D eigenvalue weighted by Crippen LogP contribution is 2.34. The zero-order chi connectivity index (χ0) is 14.0. The Labute approximate surface area is 128 Å². The normalized spacial score (nSPS) is 12.7. The van der Waals surface area contributed by atoms with E-state index in [2.05, 4.69) is 73.2 Å². The summed E-state index contributed by atoms with van der Waals surface area (Å²) in [6, 6.07) is 9.27. The molecule has 3 heteroatoms. The third kappa shape index (κ3) is 3.28. The van der Waals surface area contributed by atoms with Crippen molar-refractivity contribution < 1.29 is 0 Å². The Bertz CT molecular complexity index is 574. The van der Waals surface area contributed by atoms with Gasteiger partial charge in [0, 0.05) is 4.88 Å². The summed E-state index contributed by atoms with van der Waals surface area (Å²) in [5.41, 5.74) is 5.43. The first-order valence-corrected chi connectivity index (χ1v) is 8.20. The molecule has 0 aliphatic rings. The highest BCUT2D eigenvalue weighted by molar-refractivity contribution is 9.11. The highest BCUT2D eigenvalue weighted by atomic mass is 79.9. The lowest BCUT2D eigenvalue weighted by Gasteiger charge is -2.19. The van der Waals surface area contributed by atoms with E-state index in [-0.39, 0.29) is 6.04 Å². The maximum Gasteiger partial charge on any atom is 0.0704 e. The minimum atomic E-state index is 0.284. The molecule has 1 aromatic carbocycles. The van der Waals surface area contributed by atoms with Crippen molar-refractivity contribution in [1.29, 1.82) is 0 Å². The molecule has 2 rings (SSSR count). The van der Waals surface area contributed by atoms with Crippen LogP contribution >= 0.6 is 27.3 Å². The summed E-state index contributed by atoms with van der Waals surface area (Å²) in [5, 5.41) is 3.60. The molecular weight excluding hydrogens is 318 g/mol. The minimum absolute atomic E-state index is 0.284. The van der Waals surface area contributed by atoms with Crippen molar-refractivity contribution in [3.63, 3.8) is 0 Å². The second-order valence-electron chi connectivity index (χ2n) is 4.90. The van der Waals surface area contributed by atoms with Crippen molar-refractivity contribution in [2.45, 2.75) is 33.7 Å². The lowest BCUT2D eigenvalue weighted by molar-refractivity contribution is 0.629. The van der Waals surface area contributed by atoms with Gasteiger partial charge in [-0.1, -0.05) is 25.1 Å². The van der Waals surface area contributed by atoms with E-state index in [0.29, 0.717) is 0 Å². The Balaban J connectivity index is 2.44. The first-order valence-electron chi connectivity index (χ1n) is 6.59. The summed E-state index contributed by atoms with van der Waals surface area (Å²) < 4.78 is 1.20. The van der Waals surface area contributed by atoms with Gasteiger partial charge >= 0.3 is 0 Å². The minimum Gasteiger partial charge on any atom is -0.306 e. The summed E-state index contributed by atoms with van der Waals surface area (Å²) in [4.78, 5) is 1.37. The second-order valence-corrected chi connectivity index (χ2v) is 7.53. The third-order valence-corrected chi connectivity index (χ3v) is 5.08. The van der Waals surface area contributed by atoms with E-state index in [0.717, 1.165) is 6.54 Å². The van der Waals surface area contributed by atoms with Gasteiger partial charge in [-0.2, -0.15) is 0 Å². The number of thiophene rings is 1. The van der Waals surface area contributed by atoms with Crippen LogP contribution in [0, 0.1) is 20.8 Å². The van der Waals surface area contributed by atoms with Crippen molar-refractivity contribution >= 4 is 27.3 Å². The molecule has 0 saturated heterocycles. The van der Waals surface area contributed by atoms with Crippen LogP contribution in [-0.2, 0) is 0 Å². The van der Waals surface area contributed by atoms with E-state index in [1.807, 2.05) is 0 Å². The lowest BCUT2D eigenvalue weighted by Crippen LogP contribution is -2.22. The molecule has 0 saturated carbocycles. The van der Waals surface area contributed by atoms with Crippen LogP contribution in [0.2, 0.25) is 0 Å². The number of hydrogen-bond donors (Lipinski definition) is 1. The summed E-state index contributed by atoms with van der Waals surface area (Å²) in [5.74, 6) is 0. The molecule has 1 aromatic heterocycles. The van der Waals surface area contributed by atoms with Crippen LogP contribution in [0.4, 0.5) is 0 Å². The molecule has 0 fully saturated rings. The van der Waals surface area contributed by atoms with Gasteiger partial charge in [0.1, 0.15) is 0 Å². The largest absolute Gasteiger partial charge is 0.306 e. The summed E-state index contributed by atoms with van der Waals surface area (Å²) in [6.45, 7) is 9.65. The number of hydrogen-bond acceptors (Lipinski definition) is 2. The van der Waals surface area contributed by atoms with Crippen molar-refractivity contribution in [2.75, 3.05) is 6.54 Å². The van der Waals surface area contributed by atoms with Gasteiger partial charge in [-0.25, -0.2) is 0 Å². The topological polar surface area (TPSA) is 12.0 Å². The van der Waals surface area contributed by atoms with Crippen molar-refractivity contribution in [2.24, 2.45) is 0 Å². The van der Waals surface area contributed by atoms with Crippen LogP contribution in [-0.4, -0.2) is 6.54 Å². The molecule has 1 atom stereocenters. The number of benzene rings is 1. The van der Waals surface area contributed by atoms with Gasteiger partial charge in [0.15, 0.2) is 0 Å². The molecule has 19 heavy (non-hydrogen) atoms. The zero-order valence-corrected chi connectivity index (χ0v) is 14.3. The fourth-order valence-corrected chi connectivity index (χ4v) is 4.05. The van der Waals surface area contributed by atoms with E-state index < -0.39 is 0 Å². The smallest absolute Gasteiger partial charge is 0.0704 e. The van der Waals surface area contributed by atoms with E-state index in [4.69, 9.17) is 0 Å². The number of aryl methyl sites for hydroxylation is 3. The predicted molar refractivity (Wildman–Crippen MR) is 88.2 cm³/mol. The van der Waals surface area contributed by atoms with Gasteiger partial charge in [0.05, 0.1) is 9.83 Å². The molecule has 1 unspecified atom stereocenters. The summed E-state index contributed by atoms with van der Waals surface area (Å²) >= 11 is 5.39. The molecule has 2 aromatic rings. The first kappa shape index (κ1) is 14.8. The summed E-state index contributed by atoms with van der Waals surface area (Å²) in [6.07, 6.45) is 0. The van der Waals surface area contributed by atoms with Gasteiger partial charge in [0.25, 0.3) is 0 Å². The van der Waals surface area contributed by atoms with Gasteiger partial charge < -0.3 is 5.32 Å². The fraction of sp³-hybridized carbons (Fsp3) is 0.375. The van der Waals surface area contributed by atoms with Crippen LogP contribution < -0.4 is 5.32 Å². The molecule has 0 radical (unpaired) electrons. The van der Waals surface area contributed by atoms with Crippen molar-refractivity contribution in [3.8, 4) is 0 Å². The Morgan fingerprint density at radius 2 is 1.89 bits per heavy atom. The SMILES string of the molecule is CCNC(c1ccc(C)c(C)c1)c1cc(Br)sc1C. The van der Waals surface area contributed by atoms with Gasteiger partial charge in [-0.15, -0.1) is 11.3 Å². The number of halogens is 1. The van der Waals surface area contributed by atoms with Crippen molar-refractivity contribution in [1.82, 2.24) is 5.32 Å². The quantitative estimate of drug-likeness (QED) is 0.814. The van der Waals surface area contributed by atoms with E-state index in [9.17, 15) is 0 Å². The molecule has 1 heterocycles. The molecule has 102 valence electrons. The summed E-state index contributed by atoms with van der Waals surface area (Å²) in [7, 11) is 0. The highest BCUT2D eigenvalue weighted by Gasteiger charge is 2.17. The monoisotopic (exact) mass is 337 g/mol. The molecule has 0 amide bonds. The zero-order valence-electron chi connectivity index (χ0n) is 11.9. The first-order chi connectivity index (χ1) is 9.02. The fourth-order valence-electron chi connectivity index (χ4n) is 2.30. The maximum atomic E-state index is 3.60. The van der Waals surface area contributed by atoms with Gasteiger partial charge in [-0.3, -0.25) is 0 Å². The standard InChI is InChI=1S/C16H20BrNS/c1-5-18-16(14-9-15(17)19-12(14)4)13-7-6-10(2)11(3)8-13/h6-9,16,18H,5H2,1-4H3. The molecule has 1 nitrogen and oxygen atoms in total. The Morgan fingerprint density at radius 3 is 2.42 bits per heavy atom.